The van der Waals surface area contributed by atoms with E-state index in [9.17, 15) is 8.78 Å². The van der Waals surface area contributed by atoms with Crippen LogP contribution in [0.25, 0.3) is 0 Å². The zero-order valence-electron chi connectivity index (χ0n) is 9.76. The molecule has 1 aromatic heterocycles. The maximum Gasteiger partial charge on any atom is 0.388 e. The van der Waals surface area contributed by atoms with Gasteiger partial charge in [-0.05, 0) is 23.3 Å². The number of nitrogens with zero attached hydrogens (tertiary/aromatic N) is 1. The average molecular weight is 285 g/mol. The summed E-state index contributed by atoms with van der Waals surface area (Å²) in [4.78, 5) is 3.77. The summed E-state index contributed by atoms with van der Waals surface area (Å²) in [5.74, 6) is -0.137. The molecule has 2 aromatic rings. The van der Waals surface area contributed by atoms with Crippen molar-refractivity contribution < 1.29 is 13.5 Å². The summed E-state index contributed by atoms with van der Waals surface area (Å²) in [6.45, 7) is -2.89. The van der Waals surface area contributed by atoms with Crippen molar-refractivity contribution >= 4 is 11.6 Å². The zero-order valence-corrected chi connectivity index (χ0v) is 10.5. The Balaban J connectivity index is 2.15. The number of hydrogen-bond acceptors (Lipinski definition) is 3. The number of rotatable bonds is 4. The maximum atomic E-state index is 12.0. The van der Waals surface area contributed by atoms with Gasteiger partial charge in [0.1, 0.15) is 0 Å². The Bertz CT molecular complexity index is 531. The van der Waals surface area contributed by atoms with Gasteiger partial charge in [0.25, 0.3) is 0 Å². The molecule has 0 spiro atoms. The number of nitrogens with two attached hydrogens (primary N) is 1. The molecule has 2 N–H and O–H groups in total. The van der Waals surface area contributed by atoms with Crippen molar-refractivity contribution in [1.29, 1.82) is 0 Å². The van der Waals surface area contributed by atoms with E-state index in [-0.39, 0.29) is 5.88 Å². The number of ether oxygens (including phenoxy) is 1. The Morgan fingerprint density at radius 1 is 1.05 bits per heavy atom. The van der Waals surface area contributed by atoms with Crippen LogP contribution in [0.15, 0.2) is 42.6 Å². The predicted molar refractivity (Wildman–Crippen MR) is 68.4 cm³/mol. The van der Waals surface area contributed by atoms with Crippen LogP contribution in [0, 0.1) is 0 Å². The molecule has 1 heterocycles. The van der Waals surface area contributed by atoms with E-state index < -0.39 is 12.7 Å². The van der Waals surface area contributed by atoms with Gasteiger partial charge in [0.2, 0.25) is 5.88 Å². The number of benzene rings is 1. The molecule has 6 heteroatoms. The van der Waals surface area contributed by atoms with Crippen LogP contribution < -0.4 is 10.5 Å². The quantitative estimate of drug-likeness (QED) is 0.936. The lowest BCUT2D eigenvalue weighted by Crippen LogP contribution is -2.12. The third kappa shape index (κ3) is 3.62. The summed E-state index contributed by atoms with van der Waals surface area (Å²) in [5, 5.41) is 0.620. The highest BCUT2D eigenvalue weighted by Crippen LogP contribution is 2.22. The second-order valence-electron chi connectivity index (χ2n) is 3.84. The van der Waals surface area contributed by atoms with Crippen molar-refractivity contribution in [3.05, 3.63) is 58.7 Å². The number of aromatic nitrogens is 1. The molecule has 1 aromatic carbocycles. The molecule has 3 nitrogen and oxygen atoms in total. The topological polar surface area (TPSA) is 48.1 Å². The third-order valence-corrected chi connectivity index (χ3v) is 2.81. The van der Waals surface area contributed by atoms with Crippen molar-refractivity contribution in [2.75, 3.05) is 0 Å². The lowest BCUT2D eigenvalue weighted by atomic mass is 10.0. The van der Waals surface area contributed by atoms with Gasteiger partial charge in [0, 0.05) is 17.3 Å². The largest absolute Gasteiger partial charge is 0.417 e. The summed E-state index contributed by atoms with van der Waals surface area (Å²) in [6, 6.07) is 9.64. The summed E-state index contributed by atoms with van der Waals surface area (Å²) in [7, 11) is 0. The average Bonchev–Trinajstić information content (AvgIpc) is 2.39. The minimum atomic E-state index is -2.89. The number of halogens is 3. The minimum Gasteiger partial charge on any atom is -0.417 e. The molecule has 0 fully saturated rings. The van der Waals surface area contributed by atoms with Gasteiger partial charge in [-0.2, -0.15) is 8.78 Å². The molecule has 0 radical (unpaired) electrons. The molecule has 0 aliphatic rings. The minimum absolute atomic E-state index is 0.137. The Morgan fingerprint density at radius 3 is 2.21 bits per heavy atom. The van der Waals surface area contributed by atoms with Gasteiger partial charge in [-0.25, -0.2) is 4.98 Å². The number of alkyl halides is 2. The fraction of sp³-hybridized carbons (Fsp3) is 0.154. The molecule has 0 saturated heterocycles. The summed E-state index contributed by atoms with van der Waals surface area (Å²) in [5.41, 5.74) is 7.60. The van der Waals surface area contributed by atoms with E-state index in [2.05, 4.69) is 9.72 Å². The zero-order chi connectivity index (χ0) is 13.8. The monoisotopic (exact) mass is 284 g/mol. The standard InChI is InChI=1S/C13H11ClF2N2O/c14-10-4-1-8(2-5-10)12(17)9-3-6-11(18-7-9)19-13(15)16/h1-7,12-13H,17H2. The first kappa shape index (κ1) is 13.7. The van der Waals surface area contributed by atoms with E-state index in [1.54, 1.807) is 30.3 Å². The Morgan fingerprint density at radius 2 is 1.68 bits per heavy atom. The van der Waals surface area contributed by atoms with Gasteiger partial charge < -0.3 is 10.5 Å². The predicted octanol–water partition coefficient (Wildman–Crippen LogP) is 3.38. The van der Waals surface area contributed by atoms with Crippen LogP contribution in [0.2, 0.25) is 5.02 Å². The SMILES string of the molecule is NC(c1ccc(Cl)cc1)c1ccc(OC(F)F)nc1. The van der Waals surface area contributed by atoms with Crippen LogP contribution in [0.3, 0.4) is 0 Å². The lowest BCUT2D eigenvalue weighted by Gasteiger charge is -2.12. The molecular formula is C13H11ClF2N2O. The Kier molecular flexibility index (Phi) is 4.29. The molecule has 100 valence electrons. The lowest BCUT2D eigenvalue weighted by molar-refractivity contribution is -0.0528. The van der Waals surface area contributed by atoms with E-state index in [0.29, 0.717) is 10.6 Å². The first-order valence-electron chi connectivity index (χ1n) is 5.48. The Hall–Kier alpha value is -1.72. The molecule has 0 saturated carbocycles. The number of hydrogen-bond donors (Lipinski definition) is 1. The molecule has 0 amide bonds. The van der Waals surface area contributed by atoms with E-state index >= 15 is 0 Å². The molecule has 0 aliphatic carbocycles. The van der Waals surface area contributed by atoms with E-state index in [1.165, 1.54) is 12.3 Å². The van der Waals surface area contributed by atoms with Gasteiger partial charge in [-0.15, -0.1) is 0 Å². The summed E-state index contributed by atoms with van der Waals surface area (Å²) in [6.07, 6.45) is 1.41. The van der Waals surface area contributed by atoms with Gasteiger partial charge in [0.05, 0.1) is 6.04 Å². The maximum absolute atomic E-state index is 12.0. The molecule has 0 aliphatic heterocycles. The van der Waals surface area contributed by atoms with E-state index in [4.69, 9.17) is 17.3 Å². The van der Waals surface area contributed by atoms with Crippen molar-refractivity contribution in [3.63, 3.8) is 0 Å². The summed E-state index contributed by atoms with van der Waals surface area (Å²) < 4.78 is 28.1. The van der Waals surface area contributed by atoms with Gasteiger partial charge in [-0.3, -0.25) is 0 Å². The van der Waals surface area contributed by atoms with Crippen LogP contribution >= 0.6 is 11.6 Å². The molecule has 19 heavy (non-hydrogen) atoms. The second-order valence-corrected chi connectivity index (χ2v) is 4.27. The van der Waals surface area contributed by atoms with Crippen LogP contribution in [0.4, 0.5) is 8.78 Å². The highest BCUT2D eigenvalue weighted by molar-refractivity contribution is 6.30. The molecule has 2 rings (SSSR count). The van der Waals surface area contributed by atoms with Crippen molar-refractivity contribution in [2.24, 2.45) is 5.73 Å². The summed E-state index contributed by atoms with van der Waals surface area (Å²) >= 11 is 5.79. The number of pyridine rings is 1. The normalized spacial score (nSPS) is 12.5. The highest BCUT2D eigenvalue weighted by atomic mass is 35.5. The van der Waals surface area contributed by atoms with Crippen LogP contribution in [-0.2, 0) is 0 Å². The van der Waals surface area contributed by atoms with Gasteiger partial charge in [-0.1, -0.05) is 29.8 Å². The fourth-order valence-corrected chi connectivity index (χ4v) is 1.73. The smallest absolute Gasteiger partial charge is 0.388 e. The second kappa shape index (κ2) is 5.95. The van der Waals surface area contributed by atoms with Crippen molar-refractivity contribution in [2.45, 2.75) is 12.7 Å². The first-order chi connectivity index (χ1) is 9.06. The van der Waals surface area contributed by atoms with Crippen LogP contribution in [-0.4, -0.2) is 11.6 Å². The van der Waals surface area contributed by atoms with Crippen molar-refractivity contribution in [3.8, 4) is 5.88 Å². The van der Waals surface area contributed by atoms with Crippen LogP contribution in [0.5, 0.6) is 5.88 Å². The Labute approximate surface area is 114 Å². The van der Waals surface area contributed by atoms with E-state index in [0.717, 1.165) is 5.56 Å². The molecule has 1 atom stereocenters. The molecule has 1 unspecified atom stereocenters. The fourth-order valence-electron chi connectivity index (χ4n) is 1.60. The van der Waals surface area contributed by atoms with Gasteiger partial charge in [0.15, 0.2) is 0 Å². The van der Waals surface area contributed by atoms with E-state index in [1.807, 2.05) is 0 Å². The third-order valence-electron chi connectivity index (χ3n) is 2.56. The van der Waals surface area contributed by atoms with Crippen LogP contribution in [0.1, 0.15) is 17.2 Å². The molecular weight excluding hydrogens is 274 g/mol. The first-order valence-corrected chi connectivity index (χ1v) is 5.86. The van der Waals surface area contributed by atoms with Gasteiger partial charge >= 0.3 is 6.61 Å². The molecule has 0 bridgehead atoms. The van der Waals surface area contributed by atoms with Crippen molar-refractivity contribution in [1.82, 2.24) is 4.98 Å². The highest BCUT2D eigenvalue weighted by Gasteiger charge is 2.11.